The number of nitrogen functional groups attached to an aromatic ring is 2. The highest BCUT2D eigenvalue weighted by molar-refractivity contribution is 6.33. The summed E-state index contributed by atoms with van der Waals surface area (Å²) in [4.78, 5) is 0. The summed E-state index contributed by atoms with van der Waals surface area (Å²) >= 11 is 11.7. The molecule has 0 amide bonds. The van der Waals surface area contributed by atoms with Crippen LogP contribution in [0.25, 0.3) is 0 Å². The van der Waals surface area contributed by atoms with Crippen molar-refractivity contribution in [1.82, 2.24) is 0 Å². The third-order valence-corrected chi connectivity index (χ3v) is 3.03. The summed E-state index contributed by atoms with van der Waals surface area (Å²) in [5.41, 5.74) is 20.0. The molecule has 2 aromatic carbocycles. The summed E-state index contributed by atoms with van der Waals surface area (Å²) in [6.07, 6.45) is 0. The van der Waals surface area contributed by atoms with Gasteiger partial charge in [0.2, 0.25) is 0 Å². The van der Waals surface area contributed by atoms with E-state index in [0.717, 1.165) is 11.4 Å². The normalized spacial score (nSPS) is 10.1. The van der Waals surface area contributed by atoms with Crippen molar-refractivity contribution in [3.05, 3.63) is 46.4 Å². The van der Waals surface area contributed by atoms with Gasteiger partial charge in [0.25, 0.3) is 0 Å². The molecule has 0 saturated carbocycles. The van der Waals surface area contributed by atoms with Crippen molar-refractivity contribution in [1.29, 1.82) is 0 Å². The average molecular weight is 283 g/mol. The third-order valence-electron chi connectivity index (χ3n) is 2.34. The molecule has 4 nitrogen and oxygen atoms in total. The number of hydrogen-bond acceptors (Lipinski definition) is 4. The summed E-state index contributed by atoms with van der Waals surface area (Å²) in [7, 11) is 0. The molecule has 6 heteroatoms. The van der Waals surface area contributed by atoms with E-state index < -0.39 is 0 Å². The van der Waals surface area contributed by atoms with E-state index in [2.05, 4.69) is 10.9 Å². The summed E-state index contributed by atoms with van der Waals surface area (Å²) in [6.45, 7) is 0. The Labute approximate surface area is 115 Å². The first-order chi connectivity index (χ1) is 8.56. The van der Waals surface area contributed by atoms with Crippen molar-refractivity contribution < 1.29 is 0 Å². The summed E-state index contributed by atoms with van der Waals surface area (Å²) in [6, 6.07) is 10.5. The van der Waals surface area contributed by atoms with E-state index in [0.29, 0.717) is 21.4 Å². The molecule has 0 bridgehead atoms. The maximum atomic E-state index is 5.83. The number of halogens is 2. The molecule has 0 aliphatic heterocycles. The van der Waals surface area contributed by atoms with Crippen LogP contribution in [0.5, 0.6) is 0 Å². The molecule has 6 N–H and O–H groups in total. The molecular formula is C12H12Cl2N4. The van der Waals surface area contributed by atoms with Crippen molar-refractivity contribution in [2.24, 2.45) is 0 Å². The van der Waals surface area contributed by atoms with E-state index >= 15 is 0 Å². The molecule has 0 radical (unpaired) electrons. The van der Waals surface area contributed by atoms with Gasteiger partial charge in [-0.15, -0.1) is 0 Å². The van der Waals surface area contributed by atoms with Crippen LogP contribution in [0.4, 0.5) is 22.7 Å². The van der Waals surface area contributed by atoms with E-state index in [4.69, 9.17) is 34.7 Å². The molecule has 0 saturated heterocycles. The molecule has 94 valence electrons. The molecule has 0 aliphatic carbocycles. The van der Waals surface area contributed by atoms with Gasteiger partial charge in [-0.1, -0.05) is 23.2 Å². The topological polar surface area (TPSA) is 76.1 Å². The number of hydrazine groups is 1. The van der Waals surface area contributed by atoms with Crippen LogP contribution in [0.1, 0.15) is 0 Å². The van der Waals surface area contributed by atoms with Crippen LogP contribution in [0.3, 0.4) is 0 Å². The second kappa shape index (κ2) is 5.25. The number of nitrogens with two attached hydrogens (primary N) is 2. The molecule has 0 atom stereocenters. The van der Waals surface area contributed by atoms with Gasteiger partial charge in [0.1, 0.15) is 0 Å². The summed E-state index contributed by atoms with van der Waals surface area (Å²) in [5, 5.41) is 1.05. The monoisotopic (exact) mass is 282 g/mol. The fourth-order valence-electron chi connectivity index (χ4n) is 1.39. The van der Waals surface area contributed by atoms with Crippen molar-refractivity contribution in [2.45, 2.75) is 0 Å². The standard InChI is InChI=1S/C12H12Cl2N4/c13-9-3-1-7(5-11(9)15)17-18-8-2-4-10(14)12(16)6-8/h1-6,17-18H,15-16H2. The van der Waals surface area contributed by atoms with E-state index in [1.807, 2.05) is 12.1 Å². The van der Waals surface area contributed by atoms with Crippen LogP contribution < -0.4 is 22.3 Å². The van der Waals surface area contributed by atoms with E-state index in [1.54, 1.807) is 24.3 Å². The molecule has 0 fully saturated rings. The minimum absolute atomic E-state index is 0.513. The minimum atomic E-state index is 0.513. The van der Waals surface area contributed by atoms with Crippen LogP contribution in [-0.2, 0) is 0 Å². The predicted octanol–water partition coefficient (Wildman–Crippen LogP) is 3.60. The molecule has 0 unspecified atom stereocenters. The first-order valence-corrected chi connectivity index (χ1v) is 5.94. The Morgan fingerprint density at radius 2 is 1.11 bits per heavy atom. The van der Waals surface area contributed by atoms with Gasteiger partial charge >= 0.3 is 0 Å². The highest BCUT2D eigenvalue weighted by Crippen LogP contribution is 2.24. The third kappa shape index (κ3) is 2.91. The highest BCUT2D eigenvalue weighted by atomic mass is 35.5. The molecule has 2 aromatic rings. The Morgan fingerprint density at radius 3 is 1.44 bits per heavy atom. The largest absolute Gasteiger partial charge is 0.397 e. The smallest absolute Gasteiger partial charge is 0.0636 e. The molecule has 0 aromatic heterocycles. The fourth-order valence-corrected chi connectivity index (χ4v) is 1.62. The van der Waals surface area contributed by atoms with Crippen LogP contribution in [0.15, 0.2) is 36.4 Å². The van der Waals surface area contributed by atoms with Gasteiger partial charge in [-0.3, -0.25) is 0 Å². The van der Waals surface area contributed by atoms with Gasteiger partial charge in [-0.2, -0.15) is 0 Å². The number of nitrogens with one attached hydrogen (secondary N) is 2. The first kappa shape index (κ1) is 12.7. The fraction of sp³-hybridized carbons (Fsp3) is 0. The van der Waals surface area contributed by atoms with Crippen LogP contribution in [0.2, 0.25) is 10.0 Å². The number of rotatable bonds is 3. The lowest BCUT2D eigenvalue weighted by Crippen LogP contribution is -2.09. The lowest BCUT2D eigenvalue weighted by atomic mass is 10.3. The van der Waals surface area contributed by atoms with Crippen LogP contribution in [0, 0.1) is 0 Å². The lowest BCUT2D eigenvalue weighted by Gasteiger charge is -2.11. The summed E-state index contributed by atoms with van der Waals surface area (Å²) < 4.78 is 0. The number of anilines is 4. The van der Waals surface area contributed by atoms with Crippen LogP contribution in [-0.4, -0.2) is 0 Å². The number of hydrogen-bond donors (Lipinski definition) is 4. The predicted molar refractivity (Wildman–Crippen MR) is 79.0 cm³/mol. The Balaban J connectivity index is 2.06. The summed E-state index contributed by atoms with van der Waals surface area (Å²) in [5.74, 6) is 0. The molecule has 2 rings (SSSR count). The Morgan fingerprint density at radius 1 is 0.722 bits per heavy atom. The van der Waals surface area contributed by atoms with Gasteiger partial charge in [0, 0.05) is 0 Å². The Bertz CT molecular complexity index is 520. The van der Waals surface area contributed by atoms with E-state index in [9.17, 15) is 0 Å². The second-order valence-electron chi connectivity index (χ2n) is 3.72. The second-order valence-corrected chi connectivity index (χ2v) is 4.54. The van der Waals surface area contributed by atoms with E-state index in [1.165, 1.54) is 0 Å². The Hall–Kier alpha value is -1.78. The zero-order valence-electron chi connectivity index (χ0n) is 9.37. The molecule has 0 spiro atoms. The zero-order valence-corrected chi connectivity index (χ0v) is 10.9. The minimum Gasteiger partial charge on any atom is -0.397 e. The molecule has 0 aliphatic rings. The maximum Gasteiger partial charge on any atom is 0.0636 e. The zero-order chi connectivity index (χ0) is 13.1. The van der Waals surface area contributed by atoms with Crippen molar-refractivity contribution in [3.8, 4) is 0 Å². The van der Waals surface area contributed by atoms with Crippen molar-refractivity contribution in [3.63, 3.8) is 0 Å². The lowest BCUT2D eigenvalue weighted by molar-refractivity contribution is 1.41. The highest BCUT2D eigenvalue weighted by Gasteiger charge is 2.00. The van der Waals surface area contributed by atoms with Gasteiger partial charge in [0.15, 0.2) is 0 Å². The van der Waals surface area contributed by atoms with Crippen LogP contribution >= 0.6 is 23.2 Å². The molecular weight excluding hydrogens is 271 g/mol. The maximum absolute atomic E-state index is 5.83. The van der Waals surface area contributed by atoms with Crippen molar-refractivity contribution in [2.75, 3.05) is 22.3 Å². The Kier molecular flexibility index (Phi) is 3.69. The molecule has 18 heavy (non-hydrogen) atoms. The van der Waals surface area contributed by atoms with Gasteiger partial charge < -0.3 is 22.3 Å². The van der Waals surface area contributed by atoms with E-state index in [-0.39, 0.29) is 0 Å². The van der Waals surface area contributed by atoms with Gasteiger partial charge in [-0.25, -0.2) is 0 Å². The molecule has 0 heterocycles. The average Bonchev–Trinajstić information content (AvgIpc) is 2.35. The first-order valence-electron chi connectivity index (χ1n) is 5.18. The van der Waals surface area contributed by atoms with Gasteiger partial charge in [0.05, 0.1) is 32.8 Å². The quantitative estimate of drug-likeness (QED) is 0.513. The van der Waals surface area contributed by atoms with Gasteiger partial charge in [-0.05, 0) is 36.4 Å². The SMILES string of the molecule is Nc1cc(NNc2ccc(Cl)c(N)c2)ccc1Cl. The van der Waals surface area contributed by atoms with Crippen molar-refractivity contribution >= 4 is 46.0 Å². The number of benzene rings is 2.